The minimum Gasteiger partial charge on any atom is -0.369 e. The fourth-order valence-corrected chi connectivity index (χ4v) is 2.57. The molecule has 134 valence electrons. The predicted octanol–water partition coefficient (Wildman–Crippen LogP) is 0.576. The molecular weight excluding hydrogens is 332 g/mol. The Hall–Kier alpha value is -3.29. The standard InChI is InChI=1S/C18H20N6O2/c1-12-3-6-14(7-4-12)10-23-17(20-16(22-23)9-15(19)25)11-24-18(26)8-5-13(2)21-24/h3-8H,9-11H2,1-2H3,(H2,19,25). The number of hydrogen-bond donors (Lipinski definition) is 1. The van der Waals surface area contributed by atoms with Crippen molar-refractivity contribution in [2.24, 2.45) is 5.73 Å². The van der Waals surface area contributed by atoms with Gasteiger partial charge in [-0.2, -0.15) is 10.2 Å². The van der Waals surface area contributed by atoms with Crippen molar-refractivity contribution < 1.29 is 4.79 Å². The van der Waals surface area contributed by atoms with E-state index in [2.05, 4.69) is 15.2 Å². The molecule has 26 heavy (non-hydrogen) atoms. The van der Waals surface area contributed by atoms with E-state index in [0.717, 1.165) is 16.8 Å². The van der Waals surface area contributed by atoms with E-state index < -0.39 is 5.91 Å². The number of nitrogens with zero attached hydrogens (tertiary/aromatic N) is 5. The average Bonchev–Trinajstić information content (AvgIpc) is 2.93. The van der Waals surface area contributed by atoms with Crippen LogP contribution >= 0.6 is 0 Å². The van der Waals surface area contributed by atoms with Gasteiger partial charge in [-0.15, -0.1) is 0 Å². The summed E-state index contributed by atoms with van der Waals surface area (Å²) in [7, 11) is 0. The number of benzene rings is 1. The van der Waals surface area contributed by atoms with Crippen molar-refractivity contribution in [2.75, 3.05) is 0 Å². The molecule has 2 heterocycles. The lowest BCUT2D eigenvalue weighted by atomic mass is 10.1. The van der Waals surface area contributed by atoms with Gasteiger partial charge in [0, 0.05) is 6.07 Å². The lowest BCUT2D eigenvalue weighted by molar-refractivity contribution is -0.117. The first kappa shape index (κ1) is 17.5. The maximum atomic E-state index is 12.0. The van der Waals surface area contributed by atoms with Crippen molar-refractivity contribution in [3.8, 4) is 0 Å². The number of hydrogen-bond acceptors (Lipinski definition) is 5. The Morgan fingerprint density at radius 2 is 1.73 bits per heavy atom. The Kier molecular flexibility index (Phi) is 4.92. The van der Waals surface area contributed by atoms with Crippen LogP contribution in [0.25, 0.3) is 0 Å². The molecular formula is C18H20N6O2. The molecule has 0 spiro atoms. The number of primary amides is 1. The summed E-state index contributed by atoms with van der Waals surface area (Å²) in [4.78, 5) is 27.6. The minimum absolute atomic E-state index is 0.0515. The molecule has 0 saturated carbocycles. The Balaban J connectivity index is 1.94. The van der Waals surface area contributed by atoms with Crippen LogP contribution in [0, 0.1) is 13.8 Å². The maximum absolute atomic E-state index is 12.0. The molecule has 0 aliphatic carbocycles. The highest BCUT2D eigenvalue weighted by molar-refractivity contribution is 5.75. The van der Waals surface area contributed by atoms with Crippen molar-refractivity contribution in [1.29, 1.82) is 0 Å². The molecule has 8 heteroatoms. The molecule has 0 unspecified atom stereocenters. The van der Waals surface area contributed by atoms with Gasteiger partial charge in [-0.05, 0) is 25.5 Å². The van der Waals surface area contributed by atoms with Gasteiger partial charge in [-0.3, -0.25) is 9.59 Å². The van der Waals surface area contributed by atoms with Crippen LogP contribution in [0.2, 0.25) is 0 Å². The van der Waals surface area contributed by atoms with Gasteiger partial charge in [0.1, 0.15) is 12.4 Å². The maximum Gasteiger partial charge on any atom is 0.267 e. The van der Waals surface area contributed by atoms with Crippen molar-refractivity contribution >= 4 is 5.91 Å². The van der Waals surface area contributed by atoms with Gasteiger partial charge in [-0.1, -0.05) is 29.8 Å². The van der Waals surface area contributed by atoms with Crippen LogP contribution < -0.4 is 11.3 Å². The number of carbonyl (C=O) groups excluding carboxylic acids is 1. The highest BCUT2D eigenvalue weighted by Gasteiger charge is 2.14. The Labute approximate surface area is 150 Å². The third-order valence-electron chi connectivity index (χ3n) is 3.87. The largest absolute Gasteiger partial charge is 0.369 e. The van der Waals surface area contributed by atoms with Crippen LogP contribution in [0.5, 0.6) is 0 Å². The second kappa shape index (κ2) is 7.30. The third kappa shape index (κ3) is 4.21. The molecule has 8 nitrogen and oxygen atoms in total. The van der Waals surface area contributed by atoms with E-state index in [1.54, 1.807) is 10.7 Å². The fraction of sp³-hybridized carbons (Fsp3) is 0.278. The molecule has 0 bridgehead atoms. The molecule has 3 rings (SSSR count). The summed E-state index contributed by atoms with van der Waals surface area (Å²) in [5.74, 6) is 0.372. The van der Waals surface area contributed by atoms with Gasteiger partial charge in [0.25, 0.3) is 5.56 Å². The van der Waals surface area contributed by atoms with Crippen LogP contribution in [0.1, 0.15) is 28.5 Å². The zero-order chi connectivity index (χ0) is 18.7. The summed E-state index contributed by atoms with van der Waals surface area (Å²) in [5.41, 5.74) is 7.96. The second-order valence-electron chi connectivity index (χ2n) is 6.20. The fourth-order valence-electron chi connectivity index (χ4n) is 2.57. The molecule has 2 aromatic heterocycles. The molecule has 0 radical (unpaired) electrons. The number of nitrogens with two attached hydrogens (primary N) is 1. The monoisotopic (exact) mass is 352 g/mol. The molecule has 0 aliphatic heterocycles. The predicted molar refractivity (Wildman–Crippen MR) is 95.5 cm³/mol. The van der Waals surface area contributed by atoms with Gasteiger partial charge >= 0.3 is 0 Å². The normalized spacial score (nSPS) is 10.8. The topological polar surface area (TPSA) is 109 Å². The summed E-state index contributed by atoms with van der Waals surface area (Å²) in [6.07, 6.45) is -0.0515. The van der Waals surface area contributed by atoms with E-state index in [4.69, 9.17) is 5.73 Å². The van der Waals surface area contributed by atoms with Crippen molar-refractivity contribution in [1.82, 2.24) is 24.5 Å². The van der Waals surface area contributed by atoms with E-state index in [9.17, 15) is 9.59 Å². The second-order valence-corrected chi connectivity index (χ2v) is 6.20. The van der Waals surface area contributed by atoms with E-state index in [1.165, 1.54) is 10.7 Å². The minimum atomic E-state index is -0.505. The van der Waals surface area contributed by atoms with Crippen LogP contribution in [-0.4, -0.2) is 30.5 Å². The van der Waals surface area contributed by atoms with Gasteiger partial charge < -0.3 is 5.73 Å². The van der Waals surface area contributed by atoms with E-state index in [0.29, 0.717) is 18.2 Å². The zero-order valence-electron chi connectivity index (χ0n) is 14.7. The summed E-state index contributed by atoms with van der Waals surface area (Å²) in [6, 6.07) is 11.2. The highest BCUT2D eigenvalue weighted by Crippen LogP contribution is 2.09. The summed E-state index contributed by atoms with van der Waals surface area (Å²) in [5, 5.41) is 8.61. The van der Waals surface area contributed by atoms with Crippen molar-refractivity contribution in [3.63, 3.8) is 0 Å². The number of rotatable bonds is 6. The van der Waals surface area contributed by atoms with E-state index in [-0.39, 0.29) is 18.5 Å². The van der Waals surface area contributed by atoms with Gasteiger partial charge in [-0.25, -0.2) is 14.3 Å². The van der Waals surface area contributed by atoms with Gasteiger partial charge in [0.05, 0.1) is 18.7 Å². The number of amides is 1. The first-order chi connectivity index (χ1) is 12.4. The molecule has 1 amide bonds. The molecule has 3 aromatic rings. The Morgan fingerprint density at radius 3 is 2.42 bits per heavy atom. The van der Waals surface area contributed by atoms with Gasteiger partial charge in [0.15, 0.2) is 5.82 Å². The lowest BCUT2D eigenvalue weighted by Crippen LogP contribution is -2.25. The van der Waals surface area contributed by atoms with Crippen LogP contribution in [0.4, 0.5) is 0 Å². The molecule has 0 atom stereocenters. The van der Waals surface area contributed by atoms with Crippen molar-refractivity contribution in [2.45, 2.75) is 33.4 Å². The smallest absolute Gasteiger partial charge is 0.267 e. The lowest BCUT2D eigenvalue weighted by Gasteiger charge is -2.08. The number of aromatic nitrogens is 5. The summed E-state index contributed by atoms with van der Waals surface area (Å²) in [6.45, 7) is 4.47. The Bertz CT molecular complexity index is 988. The van der Waals surface area contributed by atoms with Crippen LogP contribution in [0.15, 0.2) is 41.2 Å². The number of carbonyl (C=O) groups is 1. The quantitative estimate of drug-likeness (QED) is 0.698. The average molecular weight is 352 g/mol. The van der Waals surface area contributed by atoms with E-state index in [1.807, 2.05) is 38.1 Å². The van der Waals surface area contributed by atoms with Crippen LogP contribution in [0.3, 0.4) is 0 Å². The molecule has 1 aromatic carbocycles. The van der Waals surface area contributed by atoms with Gasteiger partial charge in [0.2, 0.25) is 5.91 Å². The van der Waals surface area contributed by atoms with Crippen molar-refractivity contribution in [3.05, 3.63) is 75.2 Å². The highest BCUT2D eigenvalue weighted by atomic mass is 16.1. The molecule has 0 fully saturated rings. The van der Waals surface area contributed by atoms with E-state index >= 15 is 0 Å². The molecule has 0 aliphatic rings. The first-order valence-electron chi connectivity index (χ1n) is 8.22. The summed E-state index contributed by atoms with van der Waals surface area (Å²) >= 11 is 0. The molecule has 0 saturated heterocycles. The Morgan fingerprint density at radius 1 is 1.00 bits per heavy atom. The van der Waals surface area contributed by atoms with Crippen LogP contribution in [-0.2, 0) is 24.3 Å². The number of aryl methyl sites for hydroxylation is 2. The zero-order valence-corrected chi connectivity index (χ0v) is 14.7. The first-order valence-corrected chi connectivity index (χ1v) is 8.22. The third-order valence-corrected chi connectivity index (χ3v) is 3.87. The molecule has 2 N–H and O–H groups in total. The SMILES string of the molecule is Cc1ccc(Cn2nc(CC(N)=O)nc2Cn2nc(C)ccc2=O)cc1. The summed E-state index contributed by atoms with van der Waals surface area (Å²) < 4.78 is 3.01.